The third-order valence-corrected chi connectivity index (χ3v) is 10.2. The smallest absolute Gasteiger partial charge is 0.493 e. The maximum absolute atomic E-state index is 13.8. The lowest BCUT2D eigenvalue weighted by Crippen LogP contribution is -2.33. The summed E-state index contributed by atoms with van der Waals surface area (Å²) in [4.78, 5) is 49.4. The third-order valence-electron chi connectivity index (χ3n) is 9.80. The molecule has 0 saturated heterocycles. The molecule has 1 amide bonds. The number of phosphoric ester groups is 1. The van der Waals surface area contributed by atoms with E-state index in [0.717, 1.165) is 27.6 Å². The second kappa shape index (κ2) is 13.3. The van der Waals surface area contributed by atoms with Gasteiger partial charge in [-0.2, -0.15) is 0 Å². The van der Waals surface area contributed by atoms with E-state index >= 15 is 0 Å². The monoisotopic (exact) mass is 750 g/mol. The van der Waals surface area contributed by atoms with Gasteiger partial charge in [-0.15, -0.1) is 0 Å². The highest BCUT2D eigenvalue weighted by Gasteiger charge is 2.54. The Kier molecular flexibility index (Phi) is 8.28. The topological polar surface area (TPSA) is 156 Å². The van der Waals surface area contributed by atoms with Crippen molar-refractivity contribution in [2.45, 2.75) is 12.0 Å². The summed E-state index contributed by atoms with van der Waals surface area (Å²) in [6.07, 6.45) is 2.61. The zero-order valence-corrected chi connectivity index (χ0v) is 29.8. The fraction of sp³-hybridized carbons (Fsp3) is 0.0698. The average Bonchev–Trinajstić information content (AvgIpc) is 3.72. The molecule has 1 atom stereocenters. The van der Waals surface area contributed by atoms with Crippen molar-refractivity contribution in [2.75, 3.05) is 11.9 Å². The Morgan fingerprint density at radius 3 is 2.20 bits per heavy atom. The molecule has 12 heteroatoms. The van der Waals surface area contributed by atoms with E-state index in [-0.39, 0.29) is 23.0 Å². The van der Waals surface area contributed by atoms with Crippen LogP contribution >= 0.6 is 7.82 Å². The van der Waals surface area contributed by atoms with Crippen molar-refractivity contribution in [1.82, 2.24) is 4.98 Å². The van der Waals surface area contributed by atoms with E-state index in [9.17, 15) is 23.9 Å². The summed E-state index contributed by atoms with van der Waals surface area (Å²) in [5.41, 5.74) is 5.13. The average molecular weight is 751 g/mol. The lowest BCUT2D eigenvalue weighted by atomic mass is 9.77. The molecule has 1 spiro atoms. The molecule has 2 aliphatic rings. The molecule has 0 saturated carbocycles. The molecule has 3 heterocycles. The minimum atomic E-state index is -4.90. The van der Waals surface area contributed by atoms with Crippen LogP contribution in [0.15, 0.2) is 140 Å². The van der Waals surface area contributed by atoms with Gasteiger partial charge in [-0.25, -0.2) is 9.36 Å². The SMILES string of the molecule is O=C(Nc1ccc2c(c1)C(=O)OC21c2ccc(OCCc3c[nH]c4ccccc34)cc2Oc2cc(OP(=O)(O)O)ccc21)c1ccc(-c2ccccc2)cc1. The summed E-state index contributed by atoms with van der Waals surface area (Å²) in [5, 5.41) is 4.01. The molecule has 1 unspecified atom stereocenters. The standard InChI is InChI=1S/C43H31N2O9P/c46-41(28-12-10-27(11-13-28)26-6-2-1-3-7-26)45-30-14-17-35-34(22-30)42(47)53-43(35)36-18-15-31(51-21-20-29-25-44-38-9-5-4-8-33(29)38)23-39(36)52-40-24-32(16-19-37(40)43)54-55(48,49)50/h1-19,22-25,44H,20-21H2,(H,45,46)(H2,48,49,50). The van der Waals surface area contributed by atoms with Gasteiger partial charge in [0.15, 0.2) is 5.60 Å². The Balaban J connectivity index is 1.03. The van der Waals surface area contributed by atoms with Crippen molar-refractivity contribution >= 4 is 36.3 Å². The number of rotatable bonds is 9. The molecule has 4 N–H and O–H groups in total. The number of amides is 1. The van der Waals surface area contributed by atoms with E-state index in [1.807, 2.05) is 66.9 Å². The molecule has 7 aromatic rings. The minimum Gasteiger partial charge on any atom is -0.493 e. The van der Waals surface area contributed by atoms with Crippen LogP contribution in [0.1, 0.15) is 43.0 Å². The van der Waals surface area contributed by atoms with Crippen LogP contribution in [0, 0.1) is 0 Å². The molecule has 0 fully saturated rings. The number of para-hydroxylation sites is 1. The molecule has 6 aromatic carbocycles. The molecular formula is C43H31N2O9P. The van der Waals surface area contributed by atoms with Gasteiger partial charge in [0.2, 0.25) is 0 Å². The van der Waals surface area contributed by atoms with Gasteiger partial charge in [-0.3, -0.25) is 14.6 Å². The van der Waals surface area contributed by atoms with Gasteiger partial charge >= 0.3 is 13.8 Å². The quantitative estimate of drug-likeness (QED) is 0.0837. The lowest BCUT2D eigenvalue weighted by Gasteiger charge is -2.36. The van der Waals surface area contributed by atoms with E-state index in [1.165, 1.54) is 12.1 Å². The van der Waals surface area contributed by atoms with E-state index in [0.29, 0.717) is 52.5 Å². The fourth-order valence-electron chi connectivity index (χ4n) is 7.32. The highest BCUT2D eigenvalue weighted by Crippen LogP contribution is 2.57. The fourth-order valence-corrected chi connectivity index (χ4v) is 7.70. The number of anilines is 1. The van der Waals surface area contributed by atoms with Gasteiger partial charge in [0.25, 0.3) is 5.91 Å². The number of esters is 1. The first-order valence-electron chi connectivity index (χ1n) is 17.4. The number of phosphoric acid groups is 1. The molecule has 272 valence electrons. The number of fused-ring (bicyclic) bond motifs is 7. The van der Waals surface area contributed by atoms with Crippen molar-refractivity contribution < 1.29 is 42.7 Å². The highest BCUT2D eigenvalue weighted by atomic mass is 31.2. The Morgan fingerprint density at radius 1 is 0.764 bits per heavy atom. The molecule has 2 aliphatic heterocycles. The predicted molar refractivity (Wildman–Crippen MR) is 205 cm³/mol. The number of carbonyl (C=O) groups excluding carboxylic acids is 2. The van der Waals surface area contributed by atoms with Crippen molar-refractivity contribution in [3.05, 3.63) is 173 Å². The van der Waals surface area contributed by atoms with Crippen LogP contribution in [0.2, 0.25) is 0 Å². The predicted octanol–water partition coefficient (Wildman–Crippen LogP) is 8.75. The molecule has 0 bridgehead atoms. The second-order valence-electron chi connectivity index (χ2n) is 13.2. The maximum Gasteiger partial charge on any atom is 0.524 e. The zero-order valence-electron chi connectivity index (χ0n) is 28.9. The summed E-state index contributed by atoms with van der Waals surface area (Å²) in [5.74, 6) is -0.159. The molecule has 0 radical (unpaired) electrons. The Labute approximate surface area is 314 Å². The summed E-state index contributed by atoms with van der Waals surface area (Å²) < 4.78 is 35.4. The van der Waals surface area contributed by atoms with Crippen LogP contribution in [0.25, 0.3) is 22.0 Å². The zero-order chi connectivity index (χ0) is 37.7. The molecule has 55 heavy (non-hydrogen) atoms. The first kappa shape index (κ1) is 34.1. The summed E-state index contributed by atoms with van der Waals surface area (Å²) in [6, 6.07) is 39.6. The molecular weight excluding hydrogens is 719 g/mol. The first-order valence-corrected chi connectivity index (χ1v) is 18.9. The lowest BCUT2D eigenvalue weighted by molar-refractivity contribution is 0.0224. The Bertz CT molecular complexity index is 2690. The Hall–Kier alpha value is -6.65. The number of aromatic amines is 1. The van der Waals surface area contributed by atoms with E-state index in [4.69, 9.17) is 18.7 Å². The number of benzene rings is 6. The van der Waals surface area contributed by atoms with Crippen LogP contribution in [0.4, 0.5) is 5.69 Å². The number of H-pyrrole nitrogens is 1. The van der Waals surface area contributed by atoms with Gasteiger partial charge < -0.3 is 29.0 Å². The second-order valence-corrected chi connectivity index (χ2v) is 14.4. The van der Waals surface area contributed by atoms with Crippen molar-refractivity contribution in [3.63, 3.8) is 0 Å². The van der Waals surface area contributed by atoms with Gasteiger partial charge in [0.05, 0.1) is 12.2 Å². The molecule has 1 aromatic heterocycles. The van der Waals surface area contributed by atoms with E-state index in [1.54, 1.807) is 54.6 Å². The van der Waals surface area contributed by atoms with Crippen molar-refractivity contribution in [3.8, 4) is 34.1 Å². The van der Waals surface area contributed by atoms with Gasteiger partial charge in [0.1, 0.15) is 23.0 Å². The van der Waals surface area contributed by atoms with Crippen molar-refractivity contribution in [2.24, 2.45) is 0 Å². The number of hydrogen-bond donors (Lipinski definition) is 4. The van der Waals surface area contributed by atoms with Gasteiger partial charge in [-0.1, -0.05) is 66.7 Å². The summed E-state index contributed by atoms with van der Waals surface area (Å²) >= 11 is 0. The van der Waals surface area contributed by atoms with E-state index < -0.39 is 19.4 Å². The summed E-state index contributed by atoms with van der Waals surface area (Å²) in [6.45, 7) is 0.367. The molecule has 0 aliphatic carbocycles. The molecule has 11 nitrogen and oxygen atoms in total. The Morgan fingerprint density at radius 2 is 1.44 bits per heavy atom. The van der Waals surface area contributed by atoms with Crippen LogP contribution in [0.5, 0.6) is 23.0 Å². The van der Waals surface area contributed by atoms with Crippen molar-refractivity contribution in [1.29, 1.82) is 0 Å². The van der Waals surface area contributed by atoms with Crippen LogP contribution in [-0.2, 0) is 21.3 Å². The minimum absolute atomic E-state index is 0.142. The largest absolute Gasteiger partial charge is 0.524 e. The number of ether oxygens (including phenoxy) is 3. The summed E-state index contributed by atoms with van der Waals surface area (Å²) in [7, 11) is -4.90. The van der Waals surface area contributed by atoms with Gasteiger partial charge in [0, 0.05) is 63.6 Å². The number of nitrogens with one attached hydrogen (secondary N) is 2. The normalized spacial score (nSPS) is 15.4. The molecule has 9 rings (SSSR count). The first-order chi connectivity index (χ1) is 26.6. The maximum atomic E-state index is 13.8. The van der Waals surface area contributed by atoms with Crippen LogP contribution < -0.4 is 19.3 Å². The van der Waals surface area contributed by atoms with Crippen LogP contribution in [0.3, 0.4) is 0 Å². The van der Waals surface area contributed by atoms with Gasteiger partial charge in [-0.05, 0) is 71.3 Å². The number of aromatic nitrogens is 1. The highest BCUT2D eigenvalue weighted by molar-refractivity contribution is 7.46. The van der Waals surface area contributed by atoms with E-state index in [2.05, 4.69) is 16.4 Å². The van der Waals surface area contributed by atoms with Crippen LogP contribution in [-0.4, -0.2) is 33.3 Å². The number of hydrogen-bond acceptors (Lipinski definition) is 7. The third kappa shape index (κ3) is 6.30. The number of carbonyl (C=O) groups is 2.